The van der Waals surface area contributed by atoms with Crippen LogP contribution in [0.5, 0.6) is 0 Å². The van der Waals surface area contributed by atoms with Gasteiger partial charge in [-0.3, -0.25) is 0 Å². The number of hydrogen-bond acceptors (Lipinski definition) is 2. The van der Waals surface area contributed by atoms with E-state index < -0.39 is 0 Å². The first-order valence-electron chi connectivity index (χ1n) is 5.85. The SMILES string of the molecule is CC1CCC(Nc2cccc(Br)c2CO)C1. The maximum absolute atomic E-state index is 9.36. The van der Waals surface area contributed by atoms with Gasteiger partial charge in [-0.1, -0.05) is 28.9 Å². The molecule has 0 amide bonds. The van der Waals surface area contributed by atoms with Crippen molar-refractivity contribution in [2.75, 3.05) is 5.32 Å². The van der Waals surface area contributed by atoms with E-state index in [4.69, 9.17) is 0 Å². The molecular formula is C13H18BrNO. The highest BCUT2D eigenvalue weighted by molar-refractivity contribution is 9.10. The van der Waals surface area contributed by atoms with Crippen molar-refractivity contribution < 1.29 is 5.11 Å². The molecular weight excluding hydrogens is 266 g/mol. The molecule has 1 aliphatic carbocycles. The Balaban J connectivity index is 2.12. The third-order valence-electron chi connectivity index (χ3n) is 3.33. The van der Waals surface area contributed by atoms with Gasteiger partial charge >= 0.3 is 0 Å². The number of benzene rings is 1. The molecule has 0 aliphatic heterocycles. The number of halogens is 1. The average Bonchev–Trinajstić information content (AvgIpc) is 2.64. The Morgan fingerprint density at radius 3 is 2.88 bits per heavy atom. The molecule has 0 spiro atoms. The number of anilines is 1. The Morgan fingerprint density at radius 2 is 2.25 bits per heavy atom. The number of aliphatic hydroxyl groups is 1. The van der Waals surface area contributed by atoms with E-state index >= 15 is 0 Å². The van der Waals surface area contributed by atoms with Gasteiger partial charge in [0.1, 0.15) is 0 Å². The first-order chi connectivity index (χ1) is 7.70. The summed E-state index contributed by atoms with van der Waals surface area (Å²) >= 11 is 3.47. The van der Waals surface area contributed by atoms with E-state index in [1.165, 1.54) is 19.3 Å². The molecule has 88 valence electrons. The van der Waals surface area contributed by atoms with Crippen molar-refractivity contribution >= 4 is 21.6 Å². The molecule has 1 aliphatic rings. The summed E-state index contributed by atoms with van der Waals surface area (Å²) in [5.41, 5.74) is 2.03. The van der Waals surface area contributed by atoms with Crippen LogP contribution in [0.15, 0.2) is 22.7 Å². The molecule has 2 nitrogen and oxygen atoms in total. The lowest BCUT2D eigenvalue weighted by atomic mass is 10.1. The van der Waals surface area contributed by atoms with Crippen molar-refractivity contribution in [1.82, 2.24) is 0 Å². The van der Waals surface area contributed by atoms with Crippen LogP contribution in [-0.4, -0.2) is 11.1 Å². The van der Waals surface area contributed by atoms with Crippen LogP contribution in [0.25, 0.3) is 0 Å². The van der Waals surface area contributed by atoms with E-state index in [9.17, 15) is 5.11 Å². The van der Waals surface area contributed by atoms with Crippen LogP contribution in [0.1, 0.15) is 31.7 Å². The van der Waals surface area contributed by atoms with Crippen molar-refractivity contribution in [1.29, 1.82) is 0 Å². The molecule has 0 radical (unpaired) electrons. The fraction of sp³-hybridized carbons (Fsp3) is 0.538. The average molecular weight is 284 g/mol. The molecule has 0 saturated heterocycles. The van der Waals surface area contributed by atoms with Gasteiger partial charge in [-0.25, -0.2) is 0 Å². The molecule has 0 bridgehead atoms. The Labute approximate surface area is 105 Å². The van der Waals surface area contributed by atoms with Crippen molar-refractivity contribution in [3.63, 3.8) is 0 Å². The summed E-state index contributed by atoms with van der Waals surface area (Å²) in [6.45, 7) is 2.38. The zero-order valence-electron chi connectivity index (χ0n) is 9.54. The summed E-state index contributed by atoms with van der Waals surface area (Å²) in [7, 11) is 0. The van der Waals surface area contributed by atoms with E-state index in [0.717, 1.165) is 21.6 Å². The normalized spacial score (nSPS) is 24.7. The summed E-state index contributed by atoms with van der Waals surface area (Å²) in [6.07, 6.45) is 3.77. The minimum atomic E-state index is 0.0754. The zero-order chi connectivity index (χ0) is 11.5. The van der Waals surface area contributed by atoms with E-state index in [1.54, 1.807) is 0 Å². The Morgan fingerprint density at radius 1 is 1.44 bits per heavy atom. The summed E-state index contributed by atoms with van der Waals surface area (Å²) in [4.78, 5) is 0. The monoisotopic (exact) mass is 283 g/mol. The van der Waals surface area contributed by atoms with Gasteiger partial charge in [0.2, 0.25) is 0 Å². The van der Waals surface area contributed by atoms with Crippen LogP contribution in [0, 0.1) is 5.92 Å². The van der Waals surface area contributed by atoms with Crippen LogP contribution in [0.3, 0.4) is 0 Å². The molecule has 1 fully saturated rings. The zero-order valence-corrected chi connectivity index (χ0v) is 11.1. The van der Waals surface area contributed by atoms with Crippen molar-refractivity contribution in [3.05, 3.63) is 28.2 Å². The van der Waals surface area contributed by atoms with Gasteiger partial charge in [-0.05, 0) is 37.3 Å². The summed E-state index contributed by atoms with van der Waals surface area (Å²) in [5, 5.41) is 12.9. The van der Waals surface area contributed by atoms with Gasteiger partial charge in [0, 0.05) is 21.8 Å². The number of hydrogen-bond donors (Lipinski definition) is 2. The van der Waals surface area contributed by atoms with Crippen LogP contribution < -0.4 is 5.32 Å². The van der Waals surface area contributed by atoms with E-state index in [1.807, 2.05) is 18.2 Å². The summed E-state index contributed by atoms with van der Waals surface area (Å²) in [6, 6.07) is 6.58. The molecule has 1 aromatic carbocycles. The molecule has 0 heterocycles. The number of rotatable bonds is 3. The second-order valence-electron chi connectivity index (χ2n) is 4.68. The molecule has 2 rings (SSSR count). The Hall–Kier alpha value is -0.540. The quantitative estimate of drug-likeness (QED) is 0.889. The summed E-state index contributed by atoms with van der Waals surface area (Å²) < 4.78 is 0.978. The predicted octanol–water partition coefficient (Wildman–Crippen LogP) is 3.54. The minimum Gasteiger partial charge on any atom is -0.392 e. The van der Waals surface area contributed by atoms with Crippen molar-refractivity contribution in [2.24, 2.45) is 5.92 Å². The lowest BCUT2D eigenvalue weighted by Crippen LogP contribution is -2.16. The third-order valence-corrected chi connectivity index (χ3v) is 4.07. The standard InChI is InChI=1S/C13H18BrNO/c1-9-5-6-10(7-9)15-13-4-2-3-12(14)11(13)8-16/h2-4,9-10,15-16H,5-8H2,1H3. The van der Waals surface area contributed by atoms with E-state index in [2.05, 4.69) is 28.2 Å². The predicted molar refractivity (Wildman–Crippen MR) is 70.5 cm³/mol. The van der Waals surface area contributed by atoms with Gasteiger partial charge in [0.05, 0.1) is 6.61 Å². The van der Waals surface area contributed by atoms with Gasteiger partial charge in [-0.2, -0.15) is 0 Å². The highest BCUT2D eigenvalue weighted by Crippen LogP contribution is 2.30. The largest absolute Gasteiger partial charge is 0.392 e. The number of aliphatic hydroxyl groups excluding tert-OH is 1. The molecule has 2 atom stereocenters. The minimum absolute atomic E-state index is 0.0754. The molecule has 16 heavy (non-hydrogen) atoms. The van der Waals surface area contributed by atoms with Gasteiger partial charge in [-0.15, -0.1) is 0 Å². The molecule has 2 unspecified atom stereocenters. The second kappa shape index (κ2) is 5.19. The Bertz CT molecular complexity index is 367. The highest BCUT2D eigenvalue weighted by Gasteiger charge is 2.21. The Kier molecular flexibility index (Phi) is 3.87. The van der Waals surface area contributed by atoms with Gasteiger partial charge in [0.25, 0.3) is 0 Å². The van der Waals surface area contributed by atoms with E-state index in [0.29, 0.717) is 6.04 Å². The van der Waals surface area contributed by atoms with Crippen molar-refractivity contribution in [2.45, 2.75) is 38.8 Å². The third kappa shape index (κ3) is 2.58. The molecule has 0 aromatic heterocycles. The number of nitrogens with one attached hydrogen (secondary N) is 1. The second-order valence-corrected chi connectivity index (χ2v) is 5.54. The lowest BCUT2D eigenvalue weighted by Gasteiger charge is -2.17. The maximum atomic E-state index is 9.36. The lowest BCUT2D eigenvalue weighted by molar-refractivity contribution is 0.281. The summed E-state index contributed by atoms with van der Waals surface area (Å²) in [5.74, 6) is 0.822. The van der Waals surface area contributed by atoms with Crippen LogP contribution in [0.4, 0.5) is 5.69 Å². The molecule has 2 N–H and O–H groups in total. The fourth-order valence-corrected chi connectivity index (χ4v) is 2.90. The fourth-order valence-electron chi connectivity index (χ4n) is 2.41. The van der Waals surface area contributed by atoms with Gasteiger partial charge in [0.15, 0.2) is 0 Å². The topological polar surface area (TPSA) is 32.3 Å². The smallest absolute Gasteiger partial charge is 0.0713 e. The first-order valence-corrected chi connectivity index (χ1v) is 6.64. The van der Waals surface area contributed by atoms with Crippen LogP contribution in [-0.2, 0) is 6.61 Å². The molecule has 1 aromatic rings. The molecule has 3 heteroatoms. The highest BCUT2D eigenvalue weighted by atomic mass is 79.9. The first kappa shape index (κ1) is 11.9. The van der Waals surface area contributed by atoms with E-state index in [-0.39, 0.29) is 6.61 Å². The van der Waals surface area contributed by atoms with Crippen LogP contribution in [0.2, 0.25) is 0 Å². The van der Waals surface area contributed by atoms with Crippen molar-refractivity contribution in [3.8, 4) is 0 Å². The van der Waals surface area contributed by atoms with Crippen LogP contribution >= 0.6 is 15.9 Å². The maximum Gasteiger partial charge on any atom is 0.0713 e. The molecule has 1 saturated carbocycles. The van der Waals surface area contributed by atoms with Gasteiger partial charge < -0.3 is 10.4 Å².